The number of unbranched alkanes of at least 4 members (excludes halogenated alkanes) is 35. The second-order valence-electron chi connectivity index (χ2n) is 20.0. The summed E-state index contributed by atoms with van der Waals surface area (Å²) in [6.45, 7) is 3.82. The maximum Gasteiger partial charge on any atom is 0.306 e. The third-order valence-corrected chi connectivity index (χ3v) is 14.1. The van der Waals surface area contributed by atoms with Gasteiger partial charge in [0.15, 0.2) is 12.4 Å². The zero-order valence-electron chi connectivity index (χ0n) is 43.5. The molecule has 1 heterocycles. The van der Waals surface area contributed by atoms with Crippen LogP contribution in [0.5, 0.6) is 0 Å². The molecule has 1 aliphatic heterocycles. The maximum absolute atomic E-state index is 12.9. The van der Waals surface area contributed by atoms with Crippen molar-refractivity contribution in [3.8, 4) is 0 Å². The van der Waals surface area contributed by atoms with Crippen LogP contribution in [0.15, 0.2) is 12.2 Å². The lowest BCUT2D eigenvalue weighted by molar-refractivity contribution is -0.297. The van der Waals surface area contributed by atoms with Gasteiger partial charge in [-0.2, -0.15) is 8.42 Å². The Balaban J connectivity index is 2.31. The van der Waals surface area contributed by atoms with Gasteiger partial charge in [-0.05, 0) is 38.5 Å². The molecule has 4 N–H and O–H groups in total. The summed E-state index contributed by atoms with van der Waals surface area (Å²) in [6, 6.07) is 0. The third kappa shape index (κ3) is 39.1. The number of rotatable bonds is 49. The van der Waals surface area contributed by atoms with E-state index in [0.29, 0.717) is 12.8 Å². The molecule has 0 amide bonds. The molecule has 2 unspecified atom stereocenters. The van der Waals surface area contributed by atoms with Gasteiger partial charge in [-0.25, -0.2) is 0 Å². The number of ether oxygens (including phenoxy) is 4. The van der Waals surface area contributed by atoms with Crippen molar-refractivity contribution < 1.29 is 56.8 Å². The van der Waals surface area contributed by atoms with E-state index in [1.807, 2.05) is 0 Å². The highest BCUT2D eigenvalue weighted by Gasteiger charge is 2.46. The molecule has 1 saturated heterocycles. The van der Waals surface area contributed by atoms with E-state index in [2.05, 4.69) is 26.0 Å². The molecule has 68 heavy (non-hydrogen) atoms. The highest BCUT2D eigenvalue weighted by Crippen LogP contribution is 2.24. The minimum atomic E-state index is -4.60. The molecular weight excluding hydrogens is 885 g/mol. The van der Waals surface area contributed by atoms with Crippen LogP contribution in [0.2, 0.25) is 0 Å². The fraction of sp³-hybridized carbons (Fsp3) is 0.927. The minimum absolute atomic E-state index is 0.171. The fourth-order valence-corrected chi connectivity index (χ4v) is 9.66. The van der Waals surface area contributed by atoms with Gasteiger partial charge in [-0.1, -0.05) is 231 Å². The molecule has 0 aromatic carbocycles. The molecule has 0 bridgehead atoms. The predicted molar refractivity (Wildman–Crippen MR) is 275 cm³/mol. The highest BCUT2D eigenvalue weighted by atomic mass is 32.2. The van der Waals surface area contributed by atoms with Gasteiger partial charge in [0.1, 0.15) is 36.8 Å². The van der Waals surface area contributed by atoms with Gasteiger partial charge in [0, 0.05) is 12.8 Å². The number of hydrogen-bond donors (Lipinski definition) is 4. The van der Waals surface area contributed by atoms with Gasteiger partial charge in [-0.15, -0.1) is 0 Å². The summed E-state index contributed by atoms with van der Waals surface area (Å²) in [4.78, 5) is 25.6. The first-order chi connectivity index (χ1) is 33.0. The Labute approximate surface area is 416 Å². The Bertz CT molecular complexity index is 1300. The molecule has 12 nitrogen and oxygen atoms in total. The molecule has 1 rings (SSSR count). The van der Waals surface area contributed by atoms with Crippen LogP contribution >= 0.6 is 0 Å². The Morgan fingerprint density at radius 1 is 0.485 bits per heavy atom. The summed E-state index contributed by atoms with van der Waals surface area (Å²) >= 11 is 0. The molecule has 0 aromatic heterocycles. The normalized spacial score (nSPS) is 19.2. The van der Waals surface area contributed by atoms with Gasteiger partial charge < -0.3 is 34.3 Å². The summed E-state index contributed by atoms with van der Waals surface area (Å²) in [5, 5.41) is 31.0. The molecule has 1 aliphatic rings. The Morgan fingerprint density at radius 3 is 1.22 bits per heavy atom. The number of aliphatic hydroxyl groups excluding tert-OH is 3. The van der Waals surface area contributed by atoms with E-state index in [0.717, 1.165) is 38.5 Å². The third-order valence-electron chi connectivity index (χ3n) is 13.3. The second kappa shape index (κ2) is 45.3. The SMILES string of the molecule is CCCCCCCC/C=C/CCCCCCCCCCCCCC(=O)OC[C@H](CO[C@H]1O[C@H](CS(=O)(=O)O)[C@@H](O)C(O)C1O)OC(=O)CCCCCCCCCCCCCCCCCCCCC. The van der Waals surface area contributed by atoms with E-state index in [9.17, 15) is 37.9 Å². The molecule has 0 aliphatic carbocycles. The number of esters is 2. The van der Waals surface area contributed by atoms with Gasteiger partial charge >= 0.3 is 11.9 Å². The molecule has 1 fully saturated rings. The van der Waals surface area contributed by atoms with Crippen molar-refractivity contribution in [2.45, 2.75) is 307 Å². The van der Waals surface area contributed by atoms with Crippen molar-refractivity contribution in [3.05, 3.63) is 12.2 Å². The molecule has 0 spiro atoms. The number of carbonyl (C=O) groups excluding carboxylic acids is 2. The van der Waals surface area contributed by atoms with Crippen LogP contribution in [-0.2, 0) is 38.7 Å². The highest BCUT2D eigenvalue weighted by molar-refractivity contribution is 7.85. The smallest absolute Gasteiger partial charge is 0.306 e. The lowest BCUT2D eigenvalue weighted by Crippen LogP contribution is -2.60. The molecular formula is C55H104O12S. The Morgan fingerprint density at radius 2 is 0.838 bits per heavy atom. The minimum Gasteiger partial charge on any atom is -0.462 e. The van der Waals surface area contributed by atoms with Gasteiger partial charge in [-0.3, -0.25) is 14.1 Å². The van der Waals surface area contributed by atoms with Gasteiger partial charge in [0.05, 0.1) is 6.61 Å². The fourth-order valence-electron chi connectivity index (χ4n) is 8.97. The van der Waals surface area contributed by atoms with Crippen molar-refractivity contribution in [2.75, 3.05) is 19.0 Å². The van der Waals surface area contributed by atoms with Crippen LogP contribution in [0.1, 0.15) is 271 Å². The first-order valence-corrected chi connectivity index (χ1v) is 29.9. The van der Waals surface area contributed by atoms with Crippen LogP contribution in [0.4, 0.5) is 0 Å². The van der Waals surface area contributed by atoms with E-state index < -0.39 is 71.2 Å². The molecule has 6 atom stereocenters. The summed E-state index contributed by atoms with van der Waals surface area (Å²) in [7, 11) is -4.60. The topological polar surface area (TPSA) is 186 Å². The summed E-state index contributed by atoms with van der Waals surface area (Å²) < 4.78 is 54.4. The lowest BCUT2D eigenvalue weighted by atomic mass is 10.00. The van der Waals surface area contributed by atoms with Crippen molar-refractivity contribution in [1.82, 2.24) is 0 Å². The van der Waals surface area contributed by atoms with Crippen molar-refractivity contribution in [1.29, 1.82) is 0 Å². The van der Waals surface area contributed by atoms with E-state index in [4.69, 9.17) is 18.9 Å². The van der Waals surface area contributed by atoms with Crippen molar-refractivity contribution in [2.24, 2.45) is 0 Å². The molecule has 0 saturated carbocycles. The number of hydrogen-bond acceptors (Lipinski definition) is 11. The summed E-state index contributed by atoms with van der Waals surface area (Å²) in [5.41, 5.74) is 0. The van der Waals surface area contributed by atoms with E-state index in [-0.39, 0.29) is 19.4 Å². The van der Waals surface area contributed by atoms with E-state index in [1.54, 1.807) is 0 Å². The average Bonchev–Trinajstić information content (AvgIpc) is 3.31. The molecule has 0 aromatic rings. The van der Waals surface area contributed by atoms with Crippen LogP contribution in [-0.4, -0.2) is 96.0 Å². The lowest BCUT2D eigenvalue weighted by Gasteiger charge is -2.40. The summed E-state index contributed by atoms with van der Waals surface area (Å²) in [5.74, 6) is -1.96. The number of carbonyl (C=O) groups is 2. The zero-order chi connectivity index (χ0) is 49.8. The van der Waals surface area contributed by atoms with E-state index in [1.165, 1.54) is 193 Å². The van der Waals surface area contributed by atoms with Crippen molar-refractivity contribution in [3.63, 3.8) is 0 Å². The quantitative estimate of drug-likeness (QED) is 0.0196. The van der Waals surface area contributed by atoms with Crippen LogP contribution in [0, 0.1) is 0 Å². The summed E-state index contributed by atoms with van der Waals surface area (Å²) in [6.07, 6.45) is 42.5. The van der Waals surface area contributed by atoms with Gasteiger partial charge in [0.25, 0.3) is 10.1 Å². The number of allylic oxidation sites excluding steroid dienone is 2. The van der Waals surface area contributed by atoms with Crippen molar-refractivity contribution >= 4 is 22.1 Å². The largest absolute Gasteiger partial charge is 0.462 e. The standard InChI is InChI=1S/C55H104O12S/c1-3-5-7-9-11-13-15-17-19-21-23-24-26-27-29-31-33-35-37-39-41-43-50(56)64-45-48(46-65-55-54(60)53(59)52(58)49(67-55)47-68(61,62)63)66-51(57)44-42-40-38-36-34-32-30-28-25-22-20-18-16-14-12-10-8-6-4-2/h17,19,48-49,52-55,58-60H,3-16,18,20-47H2,1-2H3,(H,61,62,63)/b19-17+/t48-,49-,52-,53?,54?,55+/m1/s1. The van der Waals surface area contributed by atoms with Crippen LogP contribution < -0.4 is 0 Å². The molecule has 0 radical (unpaired) electrons. The Kier molecular flexibility index (Phi) is 42.9. The number of aliphatic hydroxyl groups is 3. The first kappa shape index (κ1) is 64.4. The van der Waals surface area contributed by atoms with E-state index >= 15 is 0 Å². The first-order valence-electron chi connectivity index (χ1n) is 28.2. The molecule has 402 valence electrons. The van der Waals surface area contributed by atoms with Crippen LogP contribution in [0.3, 0.4) is 0 Å². The monoisotopic (exact) mass is 989 g/mol. The Hall–Kier alpha value is -1.61. The predicted octanol–water partition coefficient (Wildman–Crippen LogP) is 13.4. The maximum atomic E-state index is 12.9. The second-order valence-corrected chi connectivity index (χ2v) is 21.5. The zero-order valence-corrected chi connectivity index (χ0v) is 44.3. The van der Waals surface area contributed by atoms with Gasteiger partial charge in [0.2, 0.25) is 0 Å². The average molecular weight is 989 g/mol. The van der Waals surface area contributed by atoms with Crippen LogP contribution in [0.25, 0.3) is 0 Å². The molecule has 13 heteroatoms.